The lowest BCUT2D eigenvalue weighted by molar-refractivity contribution is -0.121. The quantitative estimate of drug-likeness (QED) is 0.503. The number of nitrogens with one attached hydrogen (secondary N) is 1. The highest BCUT2D eigenvalue weighted by molar-refractivity contribution is 6.08. The van der Waals surface area contributed by atoms with Crippen molar-refractivity contribution in [3.63, 3.8) is 0 Å². The summed E-state index contributed by atoms with van der Waals surface area (Å²) in [4.78, 5) is 12.8. The molecule has 29 heavy (non-hydrogen) atoms. The standard InChI is InChI=1S/C24H23NO4/c1-15(20-13-18(27-2)9-11-21(20)28-3)25-23(26)12-17-14-29-22-10-8-16-6-4-5-7-19(16)24(17)22/h4-11,13-15H,12H2,1-3H3,(H,25,26)/t15-/m1/s1. The number of amides is 1. The number of carbonyl (C=O) groups excluding carboxylic acids is 1. The van der Waals surface area contributed by atoms with E-state index in [4.69, 9.17) is 13.9 Å². The summed E-state index contributed by atoms with van der Waals surface area (Å²) in [5, 5.41) is 6.26. The molecule has 0 spiro atoms. The zero-order valence-electron chi connectivity index (χ0n) is 16.7. The molecule has 1 N–H and O–H groups in total. The summed E-state index contributed by atoms with van der Waals surface area (Å²) in [6, 6.07) is 17.4. The average Bonchev–Trinajstić information content (AvgIpc) is 3.16. The van der Waals surface area contributed by atoms with E-state index in [1.165, 1.54) is 0 Å². The second-order valence-electron chi connectivity index (χ2n) is 6.99. The molecule has 0 aliphatic carbocycles. The minimum Gasteiger partial charge on any atom is -0.497 e. The fraction of sp³-hybridized carbons (Fsp3) is 0.208. The van der Waals surface area contributed by atoms with Gasteiger partial charge in [-0.2, -0.15) is 0 Å². The number of fused-ring (bicyclic) bond motifs is 3. The summed E-state index contributed by atoms with van der Waals surface area (Å²) < 4.78 is 16.4. The molecule has 1 heterocycles. The fourth-order valence-electron chi connectivity index (χ4n) is 3.73. The Morgan fingerprint density at radius 2 is 1.90 bits per heavy atom. The maximum absolute atomic E-state index is 12.8. The van der Waals surface area contributed by atoms with E-state index in [0.29, 0.717) is 11.5 Å². The van der Waals surface area contributed by atoms with Crippen molar-refractivity contribution >= 4 is 27.6 Å². The molecule has 4 rings (SSSR count). The van der Waals surface area contributed by atoms with Crippen molar-refractivity contribution in [2.24, 2.45) is 0 Å². The molecule has 5 nitrogen and oxygen atoms in total. The van der Waals surface area contributed by atoms with E-state index in [1.807, 2.05) is 49.4 Å². The van der Waals surface area contributed by atoms with Gasteiger partial charge in [0, 0.05) is 16.5 Å². The van der Waals surface area contributed by atoms with E-state index in [2.05, 4.69) is 17.4 Å². The monoisotopic (exact) mass is 389 g/mol. The molecule has 148 valence electrons. The van der Waals surface area contributed by atoms with Gasteiger partial charge in [-0.1, -0.05) is 30.3 Å². The third kappa shape index (κ3) is 3.63. The van der Waals surface area contributed by atoms with Gasteiger partial charge < -0.3 is 19.2 Å². The number of hydrogen-bond donors (Lipinski definition) is 1. The predicted octanol–water partition coefficient (Wildman–Crippen LogP) is 5.02. The molecule has 3 aromatic carbocycles. The van der Waals surface area contributed by atoms with Gasteiger partial charge in [-0.15, -0.1) is 0 Å². The molecule has 1 atom stereocenters. The number of carbonyl (C=O) groups is 1. The Labute approximate surface area is 169 Å². The molecule has 1 amide bonds. The van der Waals surface area contributed by atoms with E-state index in [1.54, 1.807) is 20.5 Å². The molecule has 0 saturated heterocycles. The molecule has 0 unspecified atom stereocenters. The van der Waals surface area contributed by atoms with Crippen LogP contribution < -0.4 is 14.8 Å². The van der Waals surface area contributed by atoms with Gasteiger partial charge in [0.2, 0.25) is 5.91 Å². The fourth-order valence-corrected chi connectivity index (χ4v) is 3.73. The van der Waals surface area contributed by atoms with Crippen molar-refractivity contribution in [1.29, 1.82) is 0 Å². The van der Waals surface area contributed by atoms with E-state index in [9.17, 15) is 4.79 Å². The van der Waals surface area contributed by atoms with E-state index >= 15 is 0 Å². The Morgan fingerprint density at radius 1 is 1.07 bits per heavy atom. The first kappa shape index (κ1) is 18.9. The van der Waals surface area contributed by atoms with Gasteiger partial charge in [-0.25, -0.2) is 0 Å². The summed E-state index contributed by atoms with van der Waals surface area (Å²) in [7, 11) is 3.23. The number of hydrogen-bond acceptors (Lipinski definition) is 4. The van der Waals surface area contributed by atoms with Gasteiger partial charge in [-0.3, -0.25) is 4.79 Å². The minimum atomic E-state index is -0.234. The largest absolute Gasteiger partial charge is 0.497 e. The van der Waals surface area contributed by atoms with Crippen LogP contribution in [0.15, 0.2) is 65.3 Å². The van der Waals surface area contributed by atoms with E-state index in [0.717, 1.165) is 32.9 Å². The van der Waals surface area contributed by atoms with Crippen molar-refractivity contribution < 1.29 is 18.7 Å². The maximum Gasteiger partial charge on any atom is 0.225 e. The van der Waals surface area contributed by atoms with Gasteiger partial charge in [-0.05, 0) is 42.0 Å². The third-order valence-electron chi connectivity index (χ3n) is 5.17. The highest BCUT2D eigenvalue weighted by Gasteiger charge is 2.18. The minimum absolute atomic E-state index is 0.0852. The Balaban J connectivity index is 1.59. The molecule has 0 radical (unpaired) electrons. The molecule has 5 heteroatoms. The van der Waals surface area contributed by atoms with Crippen LogP contribution in [0.4, 0.5) is 0 Å². The number of furan rings is 1. The van der Waals surface area contributed by atoms with Gasteiger partial charge in [0.05, 0.1) is 32.9 Å². The molecule has 0 aliphatic heterocycles. The zero-order valence-corrected chi connectivity index (χ0v) is 16.7. The number of ether oxygens (including phenoxy) is 2. The van der Waals surface area contributed by atoms with Crippen LogP contribution in [0.25, 0.3) is 21.7 Å². The summed E-state index contributed by atoms with van der Waals surface area (Å²) in [5.41, 5.74) is 2.52. The molecular weight excluding hydrogens is 366 g/mol. The number of methoxy groups -OCH3 is 2. The predicted molar refractivity (Wildman–Crippen MR) is 114 cm³/mol. The highest BCUT2D eigenvalue weighted by Crippen LogP contribution is 2.31. The van der Waals surface area contributed by atoms with Crippen molar-refractivity contribution in [3.05, 3.63) is 72.0 Å². The Morgan fingerprint density at radius 3 is 2.69 bits per heavy atom. The van der Waals surface area contributed by atoms with Crippen LogP contribution in [0.1, 0.15) is 24.1 Å². The molecule has 0 fully saturated rings. The van der Waals surface area contributed by atoms with Gasteiger partial charge in [0.25, 0.3) is 0 Å². The maximum atomic E-state index is 12.8. The summed E-state index contributed by atoms with van der Waals surface area (Å²) in [6.07, 6.45) is 1.91. The molecule has 0 bridgehead atoms. The van der Waals surface area contributed by atoms with Crippen LogP contribution in [-0.4, -0.2) is 20.1 Å². The Kier molecular flexibility index (Phi) is 5.12. The van der Waals surface area contributed by atoms with E-state index in [-0.39, 0.29) is 18.4 Å². The lowest BCUT2D eigenvalue weighted by atomic mass is 10.0. The zero-order chi connectivity index (χ0) is 20.4. The lowest BCUT2D eigenvalue weighted by Gasteiger charge is -2.18. The van der Waals surface area contributed by atoms with Gasteiger partial charge in [0.15, 0.2) is 0 Å². The van der Waals surface area contributed by atoms with Crippen LogP contribution in [0.2, 0.25) is 0 Å². The van der Waals surface area contributed by atoms with Crippen LogP contribution >= 0.6 is 0 Å². The normalized spacial score (nSPS) is 12.1. The van der Waals surface area contributed by atoms with Crippen LogP contribution in [0.3, 0.4) is 0 Å². The molecule has 0 saturated carbocycles. The second kappa shape index (κ2) is 7.87. The summed E-state index contributed by atoms with van der Waals surface area (Å²) >= 11 is 0. The van der Waals surface area contributed by atoms with Crippen molar-refractivity contribution in [1.82, 2.24) is 5.32 Å². The Hall–Kier alpha value is -3.47. The topological polar surface area (TPSA) is 60.7 Å². The van der Waals surface area contributed by atoms with Gasteiger partial charge >= 0.3 is 0 Å². The second-order valence-corrected chi connectivity index (χ2v) is 6.99. The van der Waals surface area contributed by atoms with Crippen LogP contribution in [0, 0.1) is 0 Å². The van der Waals surface area contributed by atoms with Crippen LogP contribution in [-0.2, 0) is 11.2 Å². The summed E-state index contributed by atoms with van der Waals surface area (Å²) in [5.74, 6) is 1.34. The number of rotatable bonds is 6. The van der Waals surface area contributed by atoms with Crippen molar-refractivity contribution in [2.75, 3.05) is 14.2 Å². The molecule has 4 aromatic rings. The Bertz CT molecular complexity index is 1180. The smallest absolute Gasteiger partial charge is 0.225 e. The molecular formula is C24H23NO4. The molecule has 1 aromatic heterocycles. The highest BCUT2D eigenvalue weighted by atomic mass is 16.5. The average molecular weight is 389 g/mol. The first-order valence-electron chi connectivity index (χ1n) is 9.50. The SMILES string of the molecule is COc1ccc(OC)c([C@@H](C)NC(=O)Cc2coc3ccc4ccccc4c23)c1. The van der Waals surface area contributed by atoms with Crippen molar-refractivity contribution in [2.45, 2.75) is 19.4 Å². The number of benzene rings is 3. The van der Waals surface area contributed by atoms with Gasteiger partial charge in [0.1, 0.15) is 17.1 Å². The molecule has 0 aliphatic rings. The van der Waals surface area contributed by atoms with Crippen LogP contribution in [0.5, 0.6) is 11.5 Å². The van der Waals surface area contributed by atoms with E-state index < -0.39 is 0 Å². The van der Waals surface area contributed by atoms with Crippen molar-refractivity contribution in [3.8, 4) is 11.5 Å². The first-order valence-corrected chi connectivity index (χ1v) is 9.50. The first-order chi connectivity index (χ1) is 14.1. The summed E-state index contributed by atoms with van der Waals surface area (Å²) in [6.45, 7) is 1.93. The lowest BCUT2D eigenvalue weighted by Crippen LogP contribution is -2.28. The third-order valence-corrected chi connectivity index (χ3v) is 5.17.